The van der Waals surface area contributed by atoms with Crippen LogP contribution in [0.3, 0.4) is 0 Å². The van der Waals surface area contributed by atoms with Crippen molar-refractivity contribution in [2.75, 3.05) is 0 Å². The van der Waals surface area contributed by atoms with Crippen LogP contribution >= 0.6 is 23.2 Å². The molecule has 0 aliphatic heterocycles. The minimum absolute atomic E-state index is 0.128. The Kier molecular flexibility index (Phi) is 5.03. The summed E-state index contributed by atoms with van der Waals surface area (Å²) in [6.07, 6.45) is 1.03. The molecule has 1 atom stereocenters. The van der Waals surface area contributed by atoms with Crippen LogP contribution in [-0.4, -0.2) is 6.04 Å². The van der Waals surface area contributed by atoms with Gasteiger partial charge in [0.1, 0.15) is 5.82 Å². The van der Waals surface area contributed by atoms with Crippen LogP contribution in [0.4, 0.5) is 4.39 Å². The predicted molar refractivity (Wildman–Crippen MR) is 83.0 cm³/mol. The fourth-order valence-electron chi connectivity index (χ4n) is 2.16. The fourth-order valence-corrected chi connectivity index (χ4v) is 2.67. The zero-order chi connectivity index (χ0) is 14.7. The normalized spacial score (nSPS) is 12.4. The summed E-state index contributed by atoms with van der Waals surface area (Å²) in [6.45, 7) is 1.98. The van der Waals surface area contributed by atoms with Crippen LogP contribution in [0.2, 0.25) is 10.0 Å². The van der Waals surface area contributed by atoms with Crippen molar-refractivity contribution in [2.45, 2.75) is 25.8 Å². The molecule has 1 unspecified atom stereocenters. The quantitative estimate of drug-likeness (QED) is 0.880. The number of halogens is 3. The smallest absolute Gasteiger partial charge is 0.145 e. The first kappa shape index (κ1) is 15.3. The maximum Gasteiger partial charge on any atom is 0.145 e. The van der Waals surface area contributed by atoms with Gasteiger partial charge in [0.05, 0.1) is 5.02 Å². The second-order valence-electron chi connectivity index (χ2n) is 4.98. The van der Waals surface area contributed by atoms with Crippen LogP contribution in [0.5, 0.6) is 0 Å². The third-order valence-electron chi connectivity index (χ3n) is 3.20. The highest BCUT2D eigenvalue weighted by atomic mass is 35.5. The molecule has 1 nitrogen and oxygen atoms in total. The van der Waals surface area contributed by atoms with E-state index in [4.69, 9.17) is 28.9 Å². The Morgan fingerprint density at radius 2 is 1.75 bits per heavy atom. The van der Waals surface area contributed by atoms with E-state index in [1.807, 2.05) is 25.1 Å². The van der Waals surface area contributed by atoms with Gasteiger partial charge in [-0.15, -0.1) is 0 Å². The van der Waals surface area contributed by atoms with E-state index in [0.29, 0.717) is 23.4 Å². The van der Waals surface area contributed by atoms with Crippen LogP contribution in [0.25, 0.3) is 0 Å². The number of benzene rings is 2. The summed E-state index contributed by atoms with van der Waals surface area (Å²) in [5.74, 6) is -0.389. The van der Waals surface area contributed by atoms with Crippen LogP contribution in [0.1, 0.15) is 16.7 Å². The van der Waals surface area contributed by atoms with Gasteiger partial charge < -0.3 is 5.73 Å². The molecule has 0 radical (unpaired) electrons. The van der Waals surface area contributed by atoms with E-state index >= 15 is 0 Å². The number of aryl methyl sites for hydroxylation is 1. The van der Waals surface area contributed by atoms with Gasteiger partial charge in [0.15, 0.2) is 0 Å². The van der Waals surface area contributed by atoms with Crippen molar-refractivity contribution in [3.63, 3.8) is 0 Å². The lowest BCUT2D eigenvalue weighted by Gasteiger charge is -2.14. The predicted octanol–water partition coefficient (Wildman–Crippen LogP) is 4.55. The average molecular weight is 312 g/mol. The SMILES string of the molecule is Cc1ccc(CC(N)Cc2cccc(Cl)c2F)c(Cl)c1. The van der Waals surface area contributed by atoms with Gasteiger partial charge in [-0.1, -0.05) is 47.5 Å². The Labute approximate surface area is 128 Å². The molecule has 0 aromatic heterocycles. The second kappa shape index (κ2) is 6.57. The van der Waals surface area contributed by atoms with Gasteiger partial charge in [0, 0.05) is 11.1 Å². The summed E-state index contributed by atoms with van der Waals surface area (Å²) < 4.78 is 13.8. The second-order valence-corrected chi connectivity index (χ2v) is 5.79. The van der Waals surface area contributed by atoms with Gasteiger partial charge in [0.25, 0.3) is 0 Å². The summed E-state index contributed by atoms with van der Waals surface area (Å²) >= 11 is 11.9. The Balaban J connectivity index is 2.09. The van der Waals surface area contributed by atoms with Gasteiger partial charge in [-0.25, -0.2) is 4.39 Å². The van der Waals surface area contributed by atoms with Crippen molar-refractivity contribution in [3.8, 4) is 0 Å². The van der Waals surface area contributed by atoms with E-state index in [0.717, 1.165) is 11.1 Å². The Morgan fingerprint density at radius 3 is 2.45 bits per heavy atom. The summed E-state index contributed by atoms with van der Waals surface area (Å²) in [5.41, 5.74) is 8.71. The van der Waals surface area contributed by atoms with Crippen molar-refractivity contribution in [1.82, 2.24) is 0 Å². The molecule has 0 saturated heterocycles. The number of hydrogen-bond acceptors (Lipinski definition) is 1. The summed E-state index contributed by atoms with van der Waals surface area (Å²) in [4.78, 5) is 0. The first-order valence-electron chi connectivity index (χ1n) is 6.41. The average Bonchev–Trinajstić information content (AvgIpc) is 2.38. The molecule has 20 heavy (non-hydrogen) atoms. The number of nitrogens with two attached hydrogens (primary N) is 1. The van der Waals surface area contributed by atoms with Gasteiger partial charge in [0.2, 0.25) is 0 Å². The molecule has 2 aromatic rings. The van der Waals surface area contributed by atoms with Gasteiger partial charge >= 0.3 is 0 Å². The van der Waals surface area contributed by atoms with E-state index in [1.165, 1.54) is 6.07 Å². The van der Waals surface area contributed by atoms with Gasteiger partial charge in [-0.05, 0) is 48.6 Å². The minimum Gasteiger partial charge on any atom is -0.327 e. The zero-order valence-electron chi connectivity index (χ0n) is 11.2. The maximum absolute atomic E-state index is 13.8. The molecule has 0 saturated carbocycles. The molecule has 2 aromatic carbocycles. The zero-order valence-corrected chi connectivity index (χ0v) is 12.7. The van der Waals surface area contributed by atoms with Crippen molar-refractivity contribution < 1.29 is 4.39 Å². The Hall–Kier alpha value is -1.09. The third kappa shape index (κ3) is 3.72. The molecule has 4 heteroatoms. The first-order valence-corrected chi connectivity index (χ1v) is 7.16. The van der Waals surface area contributed by atoms with E-state index in [-0.39, 0.29) is 16.9 Å². The highest BCUT2D eigenvalue weighted by molar-refractivity contribution is 6.31. The van der Waals surface area contributed by atoms with E-state index in [2.05, 4.69) is 0 Å². The Morgan fingerprint density at radius 1 is 1.05 bits per heavy atom. The van der Waals surface area contributed by atoms with Crippen molar-refractivity contribution in [3.05, 3.63) is 69.0 Å². The monoisotopic (exact) mass is 311 g/mol. The molecule has 0 amide bonds. The minimum atomic E-state index is -0.389. The maximum atomic E-state index is 13.8. The van der Waals surface area contributed by atoms with Gasteiger partial charge in [-0.2, -0.15) is 0 Å². The lowest BCUT2D eigenvalue weighted by molar-refractivity contribution is 0.584. The van der Waals surface area contributed by atoms with Crippen LogP contribution < -0.4 is 5.73 Å². The van der Waals surface area contributed by atoms with Crippen LogP contribution in [0.15, 0.2) is 36.4 Å². The molecule has 0 aliphatic rings. The lowest BCUT2D eigenvalue weighted by atomic mass is 9.99. The molecule has 0 aliphatic carbocycles. The van der Waals surface area contributed by atoms with Crippen LogP contribution in [0, 0.1) is 12.7 Å². The van der Waals surface area contributed by atoms with Crippen molar-refractivity contribution in [1.29, 1.82) is 0 Å². The molecule has 2 N–H and O–H groups in total. The standard InChI is InChI=1S/C16H16Cl2FN/c1-10-5-6-11(15(18)7-10)8-13(20)9-12-3-2-4-14(17)16(12)19/h2-7,13H,8-9,20H2,1H3. The summed E-state index contributed by atoms with van der Waals surface area (Å²) in [6, 6.07) is 10.6. The van der Waals surface area contributed by atoms with E-state index in [1.54, 1.807) is 12.1 Å². The van der Waals surface area contributed by atoms with E-state index < -0.39 is 0 Å². The highest BCUT2D eigenvalue weighted by Gasteiger charge is 2.12. The number of hydrogen-bond donors (Lipinski definition) is 1. The first-order chi connectivity index (χ1) is 9.47. The molecule has 0 fully saturated rings. The molecular formula is C16H16Cl2FN. The van der Waals surface area contributed by atoms with Crippen molar-refractivity contribution >= 4 is 23.2 Å². The van der Waals surface area contributed by atoms with Crippen molar-refractivity contribution in [2.24, 2.45) is 5.73 Å². The summed E-state index contributed by atoms with van der Waals surface area (Å²) in [5, 5.41) is 0.829. The lowest BCUT2D eigenvalue weighted by Crippen LogP contribution is -2.26. The van der Waals surface area contributed by atoms with E-state index in [9.17, 15) is 4.39 Å². The highest BCUT2D eigenvalue weighted by Crippen LogP contribution is 2.22. The van der Waals surface area contributed by atoms with Crippen LogP contribution in [-0.2, 0) is 12.8 Å². The molecule has 0 bridgehead atoms. The molecule has 2 rings (SSSR count). The summed E-state index contributed by atoms with van der Waals surface area (Å²) in [7, 11) is 0. The third-order valence-corrected chi connectivity index (χ3v) is 3.85. The van der Waals surface area contributed by atoms with Gasteiger partial charge in [-0.3, -0.25) is 0 Å². The molecular weight excluding hydrogens is 296 g/mol. The molecule has 106 valence electrons. The molecule has 0 heterocycles. The topological polar surface area (TPSA) is 26.0 Å². The molecule has 0 spiro atoms. The number of rotatable bonds is 4. The largest absolute Gasteiger partial charge is 0.327 e. The Bertz CT molecular complexity index is 613. The fraction of sp³-hybridized carbons (Fsp3) is 0.250.